The van der Waals surface area contributed by atoms with Crippen LogP contribution < -0.4 is 0 Å². The summed E-state index contributed by atoms with van der Waals surface area (Å²) >= 11 is 0. The van der Waals surface area contributed by atoms with Crippen molar-refractivity contribution < 1.29 is 28.6 Å². The van der Waals surface area contributed by atoms with Crippen LogP contribution in [-0.4, -0.2) is 31.1 Å². The summed E-state index contributed by atoms with van der Waals surface area (Å²) in [5.74, 6) is -1.78. The van der Waals surface area contributed by atoms with Gasteiger partial charge in [-0.2, -0.15) is 0 Å². The van der Waals surface area contributed by atoms with Gasteiger partial charge in [0.15, 0.2) is 0 Å². The highest BCUT2D eigenvalue weighted by Gasteiger charge is 2.17. The number of carbonyl (C=O) groups excluding carboxylic acids is 3. The van der Waals surface area contributed by atoms with E-state index in [4.69, 9.17) is 0 Å². The SMILES string of the molecule is C=C(C=CC(=O)C(OC)OC(C)=O)OC(C)=O. The Morgan fingerprint density at radius 3 is 2.12 bits per heavy atom. The minimum Gasteiger partial charge on any atom is -0.428 e. The highest BCUT2D eigenvalue weighted by molar-refractivity contribution is 5.94. The maximum atomic E-state index is 11.4. The number of allylic oxidation sites excluding steroid dienone is 1. The molecule has 1 atom stereocenters. The summed E-state index contributed by atoms with van der Waals surface area (Å²) in [5, 5.41) is 0. The molecule has 0 aromatic heterocycles. The zero-order valence-electron chi connectivity index (χ0n) is 9.89. The molecule has 0 amide bonds. The summed E-state index contributed by atoms with van der Waals surface area (Å²) in [6.45, 7) is 5.74. The summed E-state index contributed by atoms with van der Waals surface area (Å²) in [4.78, 5) is 32.6. The van der Waals surface area contributed by atoms with Crippen LogP contribution in [0.5, 0.6) is 0 Å². The van der Waals surface area contributed by atoms with Gasteiger partial charge < -0.3 is 14.2 Å². The fourth-order valence-corrected chi connectivity index (χ4v) is 0.845. The summed E-state index contributed by atoms with van der Waals surface area (Å²) in [6, 6.07) is 0. The lowest BCUT2D eigenvalue weighted by molar-refractivity contribution is -0.176. The van der Waals surface area contributed by atoms with Crippen molar-refractivity contribution in [3.8, 4) is 0 Å². The van der Waals surface area contributed by atoms with Gasteiger partial charge in [-0.1, -0.05) is 6.58 Å². The predicted molar refractivity (Wildman–Crippen MR) is 57.6 cm³/mol. The normalized spacial score (nSPS) is 11.9. The number of carbonyl (C=O) groups is 3. The molecule has 0 rings (SSSR count). The van der Waals surface area contributed by atoms with Crippen molar-refractivity contribution in [2.75, 3.05) is 7.11 Å². The van der Waals surface area contributed by atoms with Crippen LogP contribution in [0.4, 0.5) is 0 Å². The largest absolute Gasteiger partial charge is 0.428 e. The van der Waals surface area contributed by atoms with Gasteiger partial charge in [0.2, 0.25) is 5.78 Å². The van der Waals surface area contributed by atoms with Gasteiger partial charge >= 0.3 is 11.9 Å². The maximum Gasteiger partial charge on any atom is 0.308 e. The Labute approximate surface area is 98.8 Å². The lowest BCUT2D eigenvalue weighted by Gasteiger charge is -2.11. The molecule has 0 heterocycles. The molecular formula is C11H14O6. The lowest BCUT2D eigenvalue weighted by Crippen LogP contribution is -2.26. The first-order chi connectivity index (χ1) is 7.86. The molecule has 0 aliphatic heterocycles. The number of methoxy groups -OCH3 is 1. The molecule has 6 heteroatoms. The molecule has 17 heavy (non-hydrogen) atoms. The molecule has 0 spiro atoms. The summed E-state index contributed by atoms with van der Waals surface area (Å²) < 4.78 is 13.8. The Hall–Kier alpha value is -1.95. The van der Waals surface area contributed by atoms with E-state index in [9.17, 15) is 14.4 Å². The van der Waals surface area contributed by atoms with E-state index in [0.29, 0.717) is 0 Å². The fourth-order valence-electron chi connectivity index (χ4n) is 0.845. The van der Waals surface area contributed by atoms with E-state index in [1.165, 1.54) is 20.1 Å². The van der Waals surface area contributed by atoms with Crippen LogP contribution in [-0.2, 0) is 28.6 Å². The highest BCUT2D eigenvalue weighted by atomic mass is 16.7. The molecule has 1 unspecified atom stereocenters. The molecular weight excluding hydrogens is 228 g/mol. The van der Waals surface area contributed by atoms with E-state index in [1.807, 2.05) is 0 Å². The molecule has 0 fully saturated rings. The number of hydrogen-bond donors (Lipinski definition) is 0. The van der Waals surface area contributed by atoms with Crippen LogP contribution in [0.3, 0.4) is 0 Å². The van der Waals surface area contributed by atoms with Gasteiger partial charge in [-0.25, -0.2) is 0 Å². The molecule has 0 saturated heterocycles. The third kappa shape index (κ3) is 7.02. The van der Waals surface area contributed by atoms with Gasteiger partial charge in [-0.3, -0.25) is 14.4 Å². The van der Waals surface area contributed by atoms with Gasteiger partial charge in [-0.05, 0) is 12.2 Å². The van der Waals surface area contributed by atoms with E-state index in [2.05, 4.69) is 20.8 Å². The number of ether oxygens (including phenoxy) is 3. The van der Waals surface area contributed by atoms with Crippen LogP contribution in [0.15, 0.2) is 24.5 Å². The van der Waals surface area contributed by atoms with Crippen molar-refractivity contribution in [1.82, 2.24) is 0 Å². The van der Waals surface area contributed by atoms with Gasteiger partial charge in [0.25, 0.3) is 6.29 Å². The van der Waals surface area contributed by atoms with E-state index >= 15 is 0 Å². The Balaban J connectivity index is 4.40. The van der Waals surface area contributed by atoms with Crippen molar-refractivity contribution in [1.29, 1.82) is 0 Å². The van der Waals surface area contributed by atoms with Crippen LogP contribution >= 0.6 is 0 Å². The molecule has 94 valence electrons. The number of rotatable bonds is 6. The van der Waals surface area contributed by atoms with Crippen molar-refractivity contribution >= 4 is 17.7 Å². The summed E-state index contributed by atoms with van der Waals surface area (Å²) in [7, 11) is 1.22. The topological polar surface area (TPSA) is 78.9 Å². The fraction of sp³-hybridized carbons (Fsp3) is 0.364. The van der Waals surface area contributed by atoms with E-state index in [0.717, 1.165) is 13.0 Å². The monoisotopic (exact) mass is 242 g/mol. The Morgan fingerprint density at radius 1 is 1.12 bits per heavy atom. The molecule has 0 bridgehead atoms. The van der Waals surface area contributed by atoms with Crippen molar-refractivity contribution in [3.63, 3.8) is 0 Å². The predicted octanol–water partition coefficient (Wildman–Crippen LogP) is 0.724. The van der Waals surface area contributed by atoms with E-state index in [-0.39, 0.29) is 5.76 Å². The third-order valence-corrected chi connectivity index (χ3v) is 1.43. The highest BCUT2D eigenvalue weighted by Crippen LogP contribution is 2.01. The number of esters is 2. The van der Waals surface area contributed by atoms with Crippen LogP contribution in [0.25, 0.3) is 0 Å². The molecule has 0 saturated carbocycles. The standard InChI is InChI=1S/C11H14O6/c1-7(16-8(2)12)5-6-10(14)11(15-4)17-9(3)13/h5-6,11H,1H2,2-4H3. The second-order valence-corrected chi connectivity index (χ2v) is 2.97. The van der Waals surface area contributed by atoms with Gasteiger partial charge in [0.1, 0.15) is 5.76 Å². The summed E-state index contributed by atoms with van der Waals surface area (Å²) in [5.41, 5.74) is 0. The van der Waals surface area contributed by atoms with E-state index < -0.39 is 24.0 Å². The first kappa shape index (κ1) is 15.0. The van der Waals surface area contributed by atoms with Crippen LogP contribution in [0.2, 0.25) is 0 Å². The molecule has 6 nitrogen and oxygen atoms in total. The first-order valence-corrected chi connectivity index (χ1v) is 4.66. The average molecular weight is 242 g/mol. The lowest BCUT2D eigenvalue weighted by atomic mass is 10.3. The number of hydrogen-bond acceptors (Lipinski definition) is 6. The molecule has 0 aromatic rings. The van der Waals surface area contributed by atoms with Gasteiger partial charge in [-0.15, -0.1) is 0 Å². The quantitative estimate of drug-likeness (QED) is 0.224. The minimum atomic E-state index is -1.31. The van der Waals surface area contributed by atoms with Crippen molar-refractivity contribution in [2.45, 2.75) is 20.1 Å². The van der Waals surface area contributed by atoms with Crippen LogP contribution in [0.1, 0.15) is 13.8 Å². The summed E-state index contributed by atoms with van der Waals surface area (Å²) in [6.07, 6.45) is 0.913. The Bertz CT molecular complexity index is 355. The Morgan fingerprint density at radius 2 is 1.71 bits per heavy atom. The molecule has 0 aliphatic rings. The molecule has 0 radical (unpaired) electrons. The van der Waals surface area contributed by atoms with E-state index in [1.54, 1.807) is 0 Å². The minimum absolute atomic E-state index is 0.00327. The average Bonchev–Trinajstić information content (AvgIpc) is 2.21. The molecule has 0 aliphatic carbocycles. The first-order valence-electron chi connectivity index (χ1n) is 4.66. The molecule has 0 N–H and O–H groups in total. The third-order valence-electron chi connectivity index (χ3n) is 1.43. The number of ketones is 1. The van der Waals surface area contributed by atoms with Crippen molar-refractivity contribution in [3.05, 3.63) is 24.5 Å². The van der Waals surface area contributed by atoms with Crippen LogP contribution in [0, 0.1) is 0 Å². The second kappa shape index (κ2) is 7.34. The second-order valence-electron chi connectivity index (χ2n) is 2.97. The van der Waals surface area contributed by atoms with Gasteiger partial charge in [0.05, 0.1) is 0 Å². The zero-order valence-corrected chi connectivity index (χ0v) is 9.89. The smallest absolute Gasteiger partial charge is 0.308 e. The van der Waals surface area contributed by atoms with Gasteiger partial charge in [0, 0.05) is 21.0 Å². The molecule has 0 aromatic carbocycles. The Kier molecular flexibility index (Phi) is 6.50. The van der Waals surface area contributed by atoms with Crippen molar-refractivity contribution in [2.24, 2.45) is 0 Å². The maximum absolute atomic E-state index is 11.4. The zero-order chi connectivity index (χ0) is 13.4.